The van der Waals surface area contributed by atoms with Gasteiger partial charge in [-0.1, -0.05) is 54.6 Å². The predicted octanol–water partition coefficient (Wildman–Crippen LogP) is 3.17. The number of carbonyl (C=O) groups is 1. The molecule has 2 aromatic carbocycles. The second-order valence-corrected chi connectivity index (χ2v) is 6.85. The summed E-state index contributed by atoms with van der Waals surface area (Å²) in [5, 5.41) is 4.70. The van der Waals surface area contributed by atoms with Gasteiger partial charge in [0.25, 0.3) is 0 Å². The molecule has 0 unspecified atom stereocenters. The van der Waals surface area contributed by atoms with Crippen LogP contribution in [0.15, 0.2) is 66.9 Å². The van der Waals surface area contributed by atoms with E-state index in [2.05, 4.69) is 46.7 Å². The fourth-order valence-corrected chi connectivity index (χ4v) is 3.60. The Morgan fingerprint density at radius 3 is 2.77 bits per heavy atom. The van der Waals surface area contributed by atoms with Crippen molar-refractivity contribution < 1.29 is 4.79 Å². The number of carbonyl (C=O) groups excluding carboxylic acids is 1. The van der Waals surface area contributed by atoms with Crippen LogP contribution >= 0.6 is 0 Å². The summed E-state index contributed by atoms with van der Waals surface area (Å²) in [6.07, 6.45) is 3.32. The number of rotatable bonds is 6. The molecule has 1 fully saturated rings. The number of benzene rings is 2. The monoisotopic (exact) mass is 345 g/mol. The Labute approximate surface area is 153 Å². The molecule has 1 aliphatic rings. The molecule has 0 bridgehead atoms. The number of nitrogens with zero attached hydrogens (tertiary/aromatic N) is 2. The third kappa shape index (κ3) is 3.75. The van der Waals surface area contributed by atoms with Crippen LogP contribution in [0.25, 0.3) is 10.9 Å². The average Bonchev–Trinajstić information content (AvgIpc) is 3.05. The van der Waals surface area contributed by atoms with Gasteiger partial charge in [-0.15, -0.1) is 0 Å². The number of fused-ring (bicyclic) bond motifs is 1. The number of amides is 1. The van der Waals surface area contributed by atoms with Crippen LogP contribution in [-0.4, -0.2) is 34.9 Å². The molecule has 0 aliphatic carbocycles. The van der Waals surface area contributed by atoms with Crippen molar-refractivity contribution in [2.24, 2.45) is 0 Å². The van der Waals surface area contributed by atoms with Crippen LogP contribution in [0.4, 0.5) is 0 Å². The molecule has 1 atom stereocenters. The average molecular weight is 345 g/mol. The molecule has 1 aromatic heterocycles. The van der Waals surface area contributed by atoms with E-state index in [1.165, 1.54) is 11.1 Å². The van der Waals surface area contributed by atoms with Gasteiger partial charge in [-0.05, 0) is 23.6 Å². The zero-order valence-corrected chi connectivity index (χ0v) is 14.8. The molecule has 1 amide bonds. The van der Waals surface area contributed by atoms with Gasteiger partial charge in [0.2, 0.25) is 5.91 Å². The van der Waals surface area contributed by atoms with Gasteiger partial charge in [-0.3, -0.25) is 9.78 Å². The quantitative estimate of drug-likeness (QED) is 0.746. The van der Waals surface area contributed by atoms with Gasteiger partial charge in [0.1, 0.15) is 0 Å². The number of aromatic nitrogens is 1. The second-order valence-electron chi connectivity index (χ2n) is 6.85. The molecule has 4 rings (SSSR count). The first-order valence-corrected chi connectivity index (χ1v) is 9.17. The highest BCUT2D eigenvalue weighted by atomic mass is 16.2. The fourth-order valence-electron chi connectivity index (χ4n) is 3.60. The van der Waals surface area contributed by atoms with E-state index in [4.69, 9.17) is 0 Å². The number of hydrogen-bond acceptors (Lipinski definition) is 3. The first-order valence-electron chi connectivity index (χ1n) is 9.17. The summed E-state index contributed by atoms with van der Waals surface area (Å²) >= 11 is 0. The summed E-state index contributed by atoms with van der Waals surface area (Å²) in [5.74, 6) is 0.245. The molecule has 2 heterocycles. The lowest BCUT2D eigenvalue weighted by Crippen LogP contribution is -2.33. The lowest BCUT2D eigenvalue weighted by Gasteiger charge is -2.17. The van der Waals surface area contributed by atoms with Crippen molar-refractivity contribution in [3.05, 3.63) is 78.0 Å². The summed E-state index contributed by atoms with van der Waals surface area (Å²) < 4.78 is 0. The van der Waals surface area contributed by atoms with E-state index < -0.39 is 0 Å². The lowest BCUT2D eigenvalue weighted by atomic mass is 10.1. The van der Waals surface area contributed by atoms with Gasteiger partial charge in [0.05, 0.1) is 5.52 Å². The number of nitrogens with one attached hydrogen (secondary N) is 1. The normalized spacial score (nSPS) is 17.2. The molecule has 3 aromatic rings. The molecule has 132 valence electrons. The maximum atomic E-state index is 12.3. The number of likely N-dealkylation sites (tertiary alicyclic amines) is 1. The molecular weight excluding hydrogens is 322 g/mol. The highest BCUT2D eigenvalue weighted by molar-refractivity contribution is 5.81. The van der Waals surface area contributed by atoms with Gasteiger partial charge in [0, 0.05) is 43.7 Å². The van der Waals surface area contributed by atoms with E-state index >= 15 is 0 Å². The van der Waals surface area contributed by atoms with Crippen LogP contribution in [0.3, 0.4) is 0 Å². The van der Waals surface area contributed by atoms with E-state index in [9.17, 15) is 4.79 Å². The van der Waals surface area contributed by atoms with Gasteiger partial charge in [0.15, 0.2) is 0 Å². The van der Waals surface area contributed by atoms with Crippen molar-refractivity contribution in [1.29, 1.82) is 0 Å². The first-order chi connectivity index (χ1) is 12.8. The highest BCUT2D eigenvalue weighted by Crippen LogP contribution is 2.17. The molecule has 0 saturated carbocycles. The van der Waals surface area contributed by atoms with Crippen LogP contribution in [-0.2, 0) is 17.8 Å². The van der Waals surface area contributed by atoms with Gasteiger partial charge < -0.3 is 10.2 Å². The predicted molar refractivity (Wildman–Crippen MR) is 104 cm³/mol. The van der Waals surface area contributed by atoms with E-state index in [1.54, 1.807) is 0 Å². The number of pyridine rings is 1. The molecule has 0 spiro atoms. The van der Waals surface area contributed by atoms with E-state index in [0.29, 0.717) is 6.42 Å². The zero-order chi connectivity index (χ0) is 17.8. The minimum absolute atomic E-state index is 0.206. The lowest BCUT2D eigenvalue weighted by molar-refractivity contribution is -0.127. The third-order valence-electron chi connectivity index (χ3n) is 5.03. The summed E-state index contributed by atoms with van der Waals surface area (Å²) in [6, 6.07) is 20.8. The van der Waals surface area contributed by atoms with Crippen LogP contribution < -0.4 is 5.32 Å². The maximum absolute atomic E-state index is 12.3. The molecule has 4 nitrogen and oxygen atoms in total. The zero-order valence-electron chi connectivity index (χ0n) is 14.8. The smallest absolute Gasteiger partial charge is 0.224 e. The van der Waals surface area contributed by atoms with Crippen molar-refractivity contribution in [3.63, 3.8) is 0 Å². The SMILES string of the molecule is O=C1C[C@@H](NCc2cccc3cccnc23)CN1CCc1ccccc1. The Hall–Kier alpha value is -2.72. The largest absolute Gasteiger partial charge is 0.341 e. The van der Waals surface area contributed by atoms with Crippen LogP contribution in [0.2, 0.25) is 0 Å². The van der Waals surface area contributed by atoms with Crippen molar-refractivity contribution in [2.45, 2.75) is 25.4 Å². The van der Waals surface area contributed by atoms with Gasteiger partial charge in [-0.25, -0.2) is 0 Å². The number of hydrogen-bond donors (Lipinski definition) is 1. The summed E-state index contributed by atoms with van der Waals surface area (Å²) in [7, 11) is 0. The third-order valence-corrected chi connectivity index (χ3v) is 5.03. The van der Waals surface area contributed by atoms with Crippen molar-refractivity contribution in [1.82, 2.24) is 15.2 Å². The Balaban J connectivity index is 1.34. The molecule has 1 saturated heterocycles. The van der Waals surface area contributed by atoms with Crippen molar-refractivity contribution >= 4 is 16.8 Å². The minimum Gasteiger partial charge on any atom is -0.341 e. The Bertz CT molecular complexity index is 889. The summed E-state index contributed by atoms with van der Waals surface area (Å²) in [6.45, 7) is 2.31. The molecule has 0 radical (unpaired) electrons. The topological polar surface area (TPSA) is 45.2 Å². The molecule has 4 heteroatoms. The van der Waals surface area contributed by atoms with E-state index in [-0.39, 0.29) is 11.9 Å². The standard InChI is InChI=1S/C22H23N3O/c26-21-14-20(16-25(21)13-11-17-6-2-1-3-7-17)24-15-19-9-4-8-18-10-5-12-23-22(18)19/h1-10,12,20,24H,11,13-16H2/t20-/m1/s1. The van der Waals surface area contributed by atoms with E-state index in [0.717, 1.165) is 37.0 Å². The molecular formula is C22H23N3O. The van der Waals surface area contributed by atoms with Crippen LogP contribution in [0.1, 0.15) is 17.5 Å². The molecule has 1 aliphatic heterocycles. The Morgan fingerprint density at radius 1 is 1.04 bits per heavy atom. The van der Waals surface area contributed by atoms with Gasteiger partial charge >= 0.3 is 0 Å². The van der Waals surface area contributed by atoms with Crippen LogP contribution in [0.5, 0.6) is 0 Å². The van der Waals surface area contributed by atoms with Crippen molar-refractivity contribution in [3.8, 4) is 0 Å². The van der Waals surface area contributed by atoms with Crippen LogP contribution in [0, 0.1) is 0 Å². The van der Waals surface area contributed by atoms with Crippen molar-refractivity contribution in [2.75, 3.05) is 13.1 Å². The maximum Gasteiger partial charge on any atom is 0.224 e. The Morgan fingerprint density at radius 2 is 1.88 bits per heavy atom. The van der Waals surface area contributed by atoms with E-state index in [1.807, 2.05) is 35.4 Å². The minimum atomic E-state index is 0.206. The second kappa shape index (κ2) is 7.67. The molecule has 26 heavy (non-hydrogen) atoms. The summed E-state index contributed by atoms with van der Waals surface area (Å²) in [5.41, 5.74) is 3.49. The van der Waals surface area contributed by atoms with Gasteiger partial charge in [-0.2, -0.15) is 0 Å². The fraction of sp³-hybridized carbons (Fsp3) is 0.273. The first kappa shape index (κ1) is 16.7. The molecule has 1 N–H and O–H groups in total. The number of para-hydroxylation sites is 1. The Kier molecular flexibility index (Phi) is 4.93. The summed E-state index contributed by atoms with van der Waals surface area (Å²) in [4.78, 5) is 18.8. The highest BCUT2D eigenvalue weighted by Gasteiger charge is 2.28.